The molecule has 11 heavy (non-hydrogen) atoms. The summed E-state index contributed by atoms with van der Waals surface area (Å²) in [5, 5.41) is 8.62. The summed E-state index contributed by atoms with van der Waals surface area (Å²) in [6.45, 7) is -0.300. The second-order valence-corrected chi connectivity index (χ2v) is 1.92. The van der Waals surface area contributed by atoms with Gasteiger partial charge in [0.2, 0.25) is 0 Å². The van der Waals surface area contributed by atoms with E-state index in [0.29, 0.717) is 11.9 Å². The average Bonchev–Trinajstić information content (AvgIpc) is 2.32. The maximum Gasteiger partial charge on any atom is 0.336 e. The number of aldehydes is 1. The molecular formula is C7H6O4. The quantitative estimate of drug-likeness (QED) is 0.332. The smallest absolute Gasteiger partial charge is 0.336 e. The number of rotatable bonds is 2. The third-order valence-electron chi connectivity index (χ3n) is 1.21. The predicted octanol–water partition coefficient (Wildman–Crippen LogP) is -0.455. The van der Waals surface area contributed by atoms with Crippen molar-refractivity contribution in [3.8, 4) is 0 Å². The summed E-state index contributed by atoms with van der Waals surface area (Å²) in [6.07, 6.45) is 2.74. The van der Waals surface area contributed by atoms with Gasteiger partial charge in [-0.3, -0.25) is 4.79 Å². The monoisotopic (exact) mass is 154 g/mol. The van der Waals surface area contributed by atoms with Gasteiger partial charge in [0.25, 0.3) is 0 Å². The van der Waals surface area contributed by atoms with Gasteiger partial charge in [-0.05, 0) is 0 Å². The van der Waals surface area contributed by atoms with Crippen molar-refractivity contribution in [2.45, 2.75) is 0 Å². The van der Waals surface area contributed by atoms with Crippen molar-refractivity contribution in [2.24, 2.45) is 0 Å². The summed E-state index contributed by atoms with van der Waals surface area (Å²) in [7, 11) is 0. The lowest BCUT2D eigenvalue weighted by atomic mass is 10.2. The number of cyclic esters (lactones) is 1. The Morgan fingerprint density at radius 2 is 2.36 bits per heavy atom. The van der Waals surface area contributed by atoms with Crippen LogP contribution >= 0.6 is 0 Å². The van der Waals surface area contributed by atoms with Gasteiger partial charge in [-0.1, -0.05) is 0 Å². The van der Waals surface area contributed by atoms with Crippen molar-refractivity contribution in [2.75, 3.05) is 6.61 Å². The number of allylic oxidation sites excluding steroid dienone is 1. The van der Waals surface area contributed by atoms with E-state index < -0.39 is 5.97 Å². The molecule has 0 bridgehead atoms. The molecule has 1 aliphatic heterocycles. The van der Waals surface area contributed by atoms with Gasteiger partial charge in [0.15, 0.2) is 0 Å². The van der Waals surface area contributed by atoms with E-state index in [1.807, 2.05) is 0 Å². The van der Waals surface area contributed by atoms with Crippen molar-refractivity contribution in [3.05, 3.63) is 23.5 Å². The van der Waals surface area contributed by atoms with Gasteiger partial charge in [-0.25, -0.2) is 4.79 Å². The zero-order valence-electron chi connectivity index (χ0n) is 5.61. The number of aliphatic hydroxyl groups excluding tert-OH is 1. The van der Waals surface area contributed by atoms with E-state index in [1.54, 1.807) is 0 Å². The zero-order valence-corrected chi connectivity index (χ0v) is 5.61. The molecule has 0 saturated heterocycles. The Hall–Kier alpha value is -1.42. The maximum atomic E-state index is 10.5. The molecule has 0 amide bonds. The number of hydrogen-bond acceptors (Lipinski definition) is 4. The highest BCUT2D eigenvalue weighted by Gasteiger charge is 2.18. The molecule has 1 N–H and O–H groups in total. The van der Waals surface area contributed by atoms with Crippen LogP contribution in [0.4, 0.5) is 0 Å². The molecule has 58 valence electrons. The molecule has 1 aliphatic rings. The van der Waals surface area contributed by atoms with Gasteiger partial charge in [0.1, 0.15) is 12.0 Å². The minimum absolute atomic E-state index is 0.132. The number of aliphatic hydroxyl groups is 1. The topological polar surface area (TPSA) is 63.6 Å². The highest BCUT2D eigenvalue weighted by molar-refractivity contribution is 5.89. The summed E-state index contributed by atoms with van der Waals surface area (Å²) in [5.41, 5.74) is 0.335. The van der Waals surface area contributed by atoms with Crippen molar-refractivity contribution in [1.29, 1.82) is 0 Å². The van der Waals surface area contributed by atoms with Gasteiger partial charge in [-0.15, -0.1) is 0 Å². The summed E-state index contributed by atoms with van der Waals surface area (Å²) in [6, 6.07) is 0. The van der Waals surface area contributed by atoms with Crippen LogP contribution in [0.15, 0.2) is 23.5 Å². The summed E-state index contributed by atoms with van der Waals surface area (Å²) >= 11 is 0. The van der Waals surface area contributed by atoms with Crippen LogP contribution in [0.3, 0.4) is 0 Å². The Morgan fingerprint density at radius 1 is 1.64 bits per heavy atom. The van der Waals surface area contributed by atoms with Crippen molar-refractivity contribution < 1.29 is 19.4 Å². The Balaban J connectivity index is 2.87. The molecule has 0 aromatic rings. The average molecular weight is 154 g/mol. The van der Waals surface area contributed by atoms with Crippen molar-refractivity contribution in [1.82, 2.24) is 0 Å². The SMILES string of the molecule is O=C/C=C1\OC(=O)C=C1CO. The largest absolute Gasteiger partial charge is 0.423 e. The van der Waals surface area contributed by atoms with E-state index in [-0.39, 0.29) is 12.4 Å². The van der Waals surface area contributed by atoms with Crippen LogP contribution in [-0.4, -0.2) is 24.0 Å². The second-order valence-electron chi connectivity index (χ2n) is 1.92. The summed E-state index contributed by atoms with van der Waals surface area (Å²) < 4.78 is 4.54. The van der Waals surface area contributed by atoms with Crippen LogP contribution in [-0.2, 0) is 14.3 Å². The molecule has 0 spiro atoms. The summed E-state index contributed by atoms with van der Waals surface area (Å²) in [4.78, 5) is 20.5. The molecule has 0 aliphatic carbocycles. The Labute approximate surface area is 62.8 Å². The number of carbonyl (C=O) groups is 2. The molecule has 0 aromatic heterocycles. The van der Waals surface area contributed by atoms with Gasteiger partial charge in [0.05, 0.1) is 6.61 Å². The number of carbonyl (C=O) groups excluding carboxylic acids is 2. The van der Waals surface area contributed by atoms with E-state index in [1.165, 1.54) is 0 Å². The Morgan fingerprint density at radius 3 is 2.91 bits per heavy atom. The van der Waals surface area contributed by atoms with Gasteiger partial charge in [0, 0.05) is 17.7 Å². The highest BCUT2D eigenvalue weighted by atomic mass is 16.5. The van der Waals surface area contributed by atoms with E-state index in [2.05, 4.69) is 4.74 Å². The lowest BCUT2D eigenvalue weighted by molar-refractivity contribution is -0.132. The predicted molar refractivity (Wildman–Crippen MR) is 35.4 cm³/mol. The molecule has 1 rings (SSSR count). The normalized spacial score (nSPS) is 19.9. The molecule has 0 atom stereocenters. The second kappa shape index (κ2) is 3.12. The third kappa shape index (κ3) is 1.53. The number of esters is 1. The van der Waals surface area contributed by atoms with Crippen LogP contribution in [0.5, 0.6) is 0 Å². The third-order valence-corrected chi connectivity index (χ3v) is 1.21. The fourth-order valence-electron chi connectivity index (χ4n) is 0.743. The Bertz CT molecular complexity index is 249. The first-order valence-electron chi connectivity index (χ1n) is 2.97. The van der Waals surface area contributed by atoms with Crippen molar-refractivity contribution in [3.63, 3.8) is 0 Å². The van der Waals surface area contributed by atoms with Crippen LogP contribution in [0, 0.1) is 0 Å². The van der Waals surface area contributed by atoms with Gasteiger partial charge in [-0.2, -0.15) is 0 Å². The first kappa shape index (κ1) is 7.68. The van der Waals surface area contributed by atoms with Crippen LogP contribution < -0.4 is 0 Å². The highest BCUT2D eigenvalue weighted by Crippen LogP contribution is 2.17. The Kier molecular flexibility index (Phi) is 2.18. The fourth-order valence-corrected chi connectivity index (χ4v) is 0.743. The molecule has 0 radical (unpaired) electrons. The van der Waals surface area contributed by atoms with E-state index in [0.717, 1.165) is 12.2 Å². The van der Waals surface area contributed by atoms with Gasteiger partial charge < -0.3 is 9.84 Å². The standard InChI is InChI=1S/C7H6O4/c8-2-1-6-5(4-9)3-7(10)11-6/h1-3,9H,4H2/b6-1-. The van der Waals surface area contributed by atoms with E-state index >= 15 is 0 Å². The fraction of sp³-hybridized carbons (Fsp3) is 0.143. The lowest BCUT2D eigenvalue weighted by Gasteiger charge is -1.96. The molecule has 4 heteroatoms. The van der Waals surface area contributed by atoms with E-state index in [4.69, 9.17) is 5.11 Å². The maximum absolute atomic E-state index is 10.5. The molecule has 0 unspecified atom stereocenters. The lowest BCUT2D eigenvalue weighted by Crippen LogP contribution is -1.93. The van der Waals surface area contributed by atoms with E-state index in [9.17, 15) is 9.59 Å². The van der Waals surface area contributed by atoms with Gasteiger partial charge >= 0.3 is 5.97 Å². The van der Waals surface area contributed by atoms with Crippen LogP contribution in [0.2, 0.25) is 0 Å². The molecule has 4 nitrogen and oxygen atoms in total. The number of ether oxygens (including phenoxy) is 1. The first-order valence-corrected chi connectivity index (χ1v) is 2.97. The molecule has 0 aromatic carbocycles. The summed E-state index contributed by atoms with van der Waals surface area (Å²) in [5.74, 6) is -0.422. The minimum atomic E-state index is -0.554. The molecule has 0 fully saturated rings. The van der Waals surface area contributed by atoms with Crippen LogP contribution in [0.25, 0.3) is 0 Å². The molecule has 0 saturated carbocycles. The van der Waals surface area contributed by atoms with Crippen LogP contribution in [0.1, 0.15) is 0 Å². The zero-order chi connectivity index (χ0) is 8.27. The number of hydrogen-bond donors (Lipinski definition) is 1. The molecular weight excluding hydrogens is 148 g/mol. The van der Waals surface area contributed by atoms with Crippen molar-refractivity contribution >= 4 is 12.3 Å². The minimum Gasteiger partial charge on any atom is -0.423 e. The molecule has 1 heterocycles. The first-order chi connectivity index (χ1) is 5.27.